The lowest BCUT2D eigenvalue weighted by atomic mass is 10.0. The molecule has 0 saturated carbocycles. The summed E-state index contributed by atoms with van der Waals surface area (Å²) in [6.45, 7) is 0. The summed E-state index contributed by atoms with van der Waals surface area (Å²) in [5, 5.41) is 2.59. The Bertz CT molecular complexity index is 1810. The third kappa shape index (κ3) is 2.98. The predicted molar refractivity (Wildman–Crippen MR) is 145 cm³/mol. The number of rotatable bonds is 3. The maximum absolute atomic E-state index is 5.15. The van der Waals surface area contributed by atoms with E-state index in [0.29, 0.717) is 0 Å². The van der Waals surface area contributed by atoms with E-state index in [0.717, 1.165) is 22.5 Å². The Labute approximate surface area is 201 Å². The Morgan fingerprint density at radius 1 is 0.588 bits per heavy atom. The van der Waals surface area contributed by atoms with Crippen molar-refractivity contribution in [2.75, 3.05) is 0 Å². The molecule has 0 aliphatic heterocycles. The Kier molecular flexibility index (Phi) is 4.36. The largest absolute Gasteiger partial charge is 0.292 e. The van der Waals surface area contributed by atoms with Crippen molar-refractivity contribution in [2.24, 2.45) is 0 Å². The summed E-state index contributed by atoms with van der Waals surface area (Å²) in [5.41, 5.74) is 6.80. The van der Waals surface area contributed by atoms with Crippen molar-refractivity contribution in [3.8, 4) is 28.2 Å². The smallest absolute Gasteiger partial charge is 0.147 e. The van der Waals surface area contributed by atoms with E-state index in [-0.39, 0.29) is 0 Å². The molecule has 160 valence electrons. The zero-order chi connectivity index (χ0) is 22.5. The minimum Gasteiger partial charge on any atom is -0.292 e. The highest BCUT2D eigenvalue weighted by molar-refractivity contribution is 7.26. The molecular formula is C31H20N2S. The maximum atomic E-state index is 5.15. The fourth-order valence-corrected chi connectivity index (χ4v) is 6.06. The Hall–Kier alpha value is -4.21. The summed E-state index contributed by atoms with van der Waals surface area (Å²) in [7, 11) is 0. The summed E-state index contributed by atoms with van der Waals surface area (Å²) in [6.07, 6.45) is 0. The molecule has 0 aliphatic carbocycles. The molecule has 0 amide bonds. The molecule has 0 spiro atoms. The van der Waals surface area contributed by atoms with E-state index in [1.54, 1.807) is 0 Å². The first kappa shape index (κ1) is 19.3. The van der Waals surface area contributed by atoms with Gasteiger partial charge in [0.15, 0.2) is 0 Å². The molecule has 2 aromatic heterocycles. The highest BCUT2D eigenvalue weighted by Gasteiger charge is 2.18. The van der Waals surface area contributed by atoms with Gasteiger partial charge in [0.2, 0.25) is 0 Å². The van der Waals surface area contributed by atoms with Crippen molar-refractivity contribution in [1.82, 2.24) is 9.55 Å². The minimum atomic E-state index is 0.976. The number of benzene rings is 5. The second-order valence-electron chi connectivity index (χ2n) is 8.46. The molecule has 0 atom stereocenters. The van der Waals surface area contributed by atoms with Gasteiger partial charge in [-0.3, -0.25) is 4.57 Å². The average Bonchev–Trinajstić information content (AvgIpc) is 3.48. The highest BCUT2D eigenvalue weighted by atomic mass is 32.1. The van der Waals surface area contributed by atoms with Gasteiger partial charge >= 0.3 is 0 Å². The molecule has 7 rings (SSSR count). The molecule has 0 bridgehead atoms. The van der Waals surface area contributed by atoms with Crippen molar-refractivity contribution in [1.29, 1.82) is 0 Å². The van der Waals surface area contributed by atoms with Gasteiger partial charge in [0.1, 0.15) is 5.82 Å². The Morgan fingerprint density at radius 3 is 2.26 bits per heavy atom. The first-order valence-electron chi connectivity index (χ1n) is 11.4. The maximum Gasteiger partial charge on any atom is 0.147 e. The molecule has 34 heavy (non-hydrogen) atoms. The monoisotopic (exact) mass is 452 g/mol. The number of aromatic nitrogens is 2. The van der Waals surface area contributed by atoms with Gasteiger partial charge in [-0.05, 0) is 47.5 Å². The van der Waals surface area contributed by atoms with Crippen molar-refractivity contribution in [2.45, 2.75) is 0 Å². The van der Waals surface area contributed by atoms with Gasteiger partial charge < -0.3 is 0 Å². The molecule has 2 heterocycles. The molecule has 0 aliphatic rings. The topological polar surface area (TPSA) is 17.8 Å². The van der Waals surface area contributed by atoms with Crippen LogP contribution in [0.25, 0.3) is 59.4 Å². The Morgan fingerprint density at radius 2 is 1.32 bits per heavy atom. The molecule has 0 unspecified atom stereocenters. The van der Waals surface area contributed by atoms with Crippen molar-refractivity contribution >= 4 is 42.5 Å². The molecule has 0 saturated heterocycles. The first-order valence-corrected chi connectivity index (χ1v) is 12.2. The normalized spacial score (nSPS) is 11.5. The van der Waals surface area contributed by atoms with Crippen LogP contribution in [0.4, 0.5) is 0 Å². The molecule has 0 N–H and O–H groups in total. The van der Waals surface area contributed by atoms with E-state index in [1.165, 1.54) is 36.9 Å². The van der Waals surface area contributed by atoms with Crippen LogP contribution in [-0.2, 0) is 0 Å². The van der Waals surface area contributed by atoms with Crippen LogP contribution in [0.2, 0.25) is 0 Å². The van der Waals surface area contributed by atoms with Crippen LogP contribution in [0, 0.1) is 0 Å². The summed E-state index contributed by atoms with van der Waals surface area (Å²) >= 11 is 1.84. The number of hydrogen-bond acceptors (Lipinski definition) is 2. The van der Waals surface area contributed by atoms with E-state index in [1.807, 2.05) is 11.3 Å². The van der Waals surface area contributed by atoms with Crippen LogP contribution in [0.1, 0.15) is 0 Å². The van der Waals surface area contributed by atoms with Gasteiger partial charge in [-0.2, -0.15) is 0 Å². The summed E-state index contributed by atoms with van der Waals surface area (Å²) in [4.78, 5) is 5.15. The van der Waals surface area contributed by atoms with Crippen LogP contribution in [0.5, 0.6) is 0 Å². The first-order chi connectivity index (χ1) is 16.9. The minimum absolute atomic E-state index is 0.976. The predicted octanol–water partition coefficient (Wildman–Crippen LogP) is 8.73. The van der Waals surface area contributed by atoms with E-state index in [4.69, 9.17) is 4.98 Å². The quantitative estimate of drug-likeness (QED) is 0.262. The van der Waals surface area contributed by atoms with Crippen LogP contribution in [0.3, 0.4) is 0 Å². The lowest BCUT2D eigenvalue weighted by Gasteiger charge is -2.12. The van der Waals surface area contributed by atoms with E-state index >= 15 is 0 Å². The molecule has 7 aromatic rings. The summed E-state index contributed by atoms with van der Waals surface area (Å²) < 4.78 is 4.89. The second-order valence-corrected chi connectivity index (χ2v) is 9.51. The fraction of sp³-hybridized carbons (Fsp3) is 0. The summed E-state index contributed by atoms with van der Waals surface area (Å²) in [6, 6.07) is 42.9. The molecule has 0 radical (unpaired) electrons. The molecular weight excluding hydrogens is 432 g/mol. The molecule has 2 nitrogen and oxygen atoms in total. The van der Waals surface area contributed by atoms with E-state index in [9.17, 15) is 0 Å². The zero-order valence-corrected chi connectivity index (χ0v) is 19.2. The van der Waals surface area contributed by atoms with Crippen molar-refractivity contribution in [3.05, 3.63) is 121 Å². The summed E-state index contributed by atoms with van der Waals surface area (Å²) in [5.74, 6) is 0.976. The Balaban J connectivity index is 1.53. The number of imidazole rings is 1. The molecule has 3 heteroatoms. The molecule has 0 fully saturated rings. The lowest BCUT2D eigenvalue weighted by molar-refractivity contribution is 1.11. The SMILES string of the molecule is c1ccc(-c2cccc(-n3c(-c4cccc5c4sc4ccccc45)nc4ccccc43)c2)cc1. The average molecular weight is 453 g/mol. The fourth-order valence-electron chi connectivity index (χ4n) is 4.85. The third-order valence-corrected chi connectivity index (χ3v) is 7.64. The van der Waals surface area contributed by atoms with Crippen LogP contribution in [-0.4, -0.2) is 9.55 Å². The van der Waals surface area contributed by atoms with E-state index in [2.05, 4.69) is 126 Å². The second kappa shape index (κ2) is 7.68. The number of para-hydroxylation sites is 2. The number of nitrogens with zero attached hydrogens (tertiary/aromatic N) is 2. The zero-order valence-electron chi connectivity index (χ0n) is 18.3. The van der Waals surface area contributed by atoms with Crippen molar-refractivity contribution in [3.63, 3.8) is 0 Å². The van der Waals surface area contributed by atoms with Gasteiger partial charge in [-0.25, -0.2) is 4.98 Å². The van der Waals surface area contributed by atoms with Crippen molar-refractivity contribution < 1.29 is 0 Å². The van der Waals surface area contributed by atoms with Gasteiger partial charge in [0.05, 0.1) is 11.0 Å². The van der Waals surface area contributed by atoms with Gasteiger partial charge in [-0.1, -0.05) is 84.9 Å². The third-order valence-electron chi connectivity index (χ3n) is 6.42. The number of thiophene rings is 1. The lowest BCUT2D eigenvalue weighted by Crippen LogP contribution is -1.98. The van der Waals surface area contributed by atoms with Crippen LogP contribution in [0.15, 0.2) is 121 Å². The van der Waals surface area contributed by atoms with Crippen LogP contribution >= 0.6 is 11.3 Å². The van der Waals surface area contributed by atoms with Crippen LogP contribution < -0.4 is 0 Å². The standard InChI is InChI=1S/C31H20N2S/c1-2-10-21(11-3-1)22-12-8-13-23(20-22)33-28-18-6-5-17-27(28)32-31(33)26-16-9-15-25-24-14-4-7-19-29(24)34-30(25)26/h1-20H. The number of hydrogen-bond donors (Lipinski definition) is 0. The van der Waals surface area contributed by atoms with Gasteiger partial charge in [0.25, 0.3) is 0 Å². The van der Waals surface area contributed by atoms with Gasteiger partial charge in [-0.15, -0.1) is 11.3 Å². The van der Waals surface area contributed by atoms with E-state index < -0.39 is 0 Å². The molecule has 5 aromatic carbocycles. The number of fused-ring (bicyclic) bond motifs is 4. The highest BCUT2D eigenvalue weighted by Crippen LogP contribution is 2.41. The van der Waals surface area contributed by atoms with Gasteiger partial charge in [0, 0.05) is 31.4 Å².